The van der Waals surface area contributed by atoms with Crippen molar-refractivity contribution in [2.24, 2.45) is 0 Å². The summed E-state index contributed by atoms with van der Waals surface area (Å²) in [7, 11) is 1.62. The van der Waals surface area contributed by atoms with Crippen molar-refractivity contribution in [2.45, 2.75) is 0 Å². The van der Waals surface area contributed by atoms with Gasteiger partial charge in [-0.05, 0) is 54.1 Å². The van der Waals surface area contributed by atoms with Gasteiger partial charge in [-0.1, -0.05) is 6.07 Å². The number of nitrogens with zero attached hydrogens (tertiary/aromatic N) is 4. The smallest absolute Gasteiger partial charge is 0.159 e. The van der Waals surface area contributed by atoms with Crippen LogP contribution in [0.5, 0.6) is 5.75 Å². The Labute approximate surface area is 187 Å². The molecule has 6 rings (SSSR count). The van der Waals surface area contributed by atoms with Gasteiger partial charge in [0.05, 0.1) is 30.0 Å². The average Bonchev–Trinajstić information content (AvgIpc) is 3.48. The summed E-state index contributed by atoms with van der Waals surface area (Å²) in [5.41, 5.74) is 6.51. The predicted molar refractivity (Wildman–Crippen MR) is 124 cm³/mol. The van der Waals surface area contributed by atoms with Gasteiger partial charge in [-0.3, -0.25) is 15.1 Å². The number of halogens is 1. The number of fused-ring (bicyclic) bond motifs is 2. The second-order valence-electron chi connectivity index (χ2n) is 7.59. The third kappa shape index (κ3) is 3.28. The van der Waals surface area contributed by atoms with Crippen LogP contribution in [-0.4, -0.2) is 37.2 Å². The second kappa shape index (κ2) is 7.52. The highest BCUT2D eigenvalue weighted by Crippen LogP contribution is 2.32. The predicted octanol–water partition coefficient (Wildman–Crippen LogP) is 5.38. The molecule has 2 N–H and O–H groups in total. The average molecular weight is 436 g/mol. The lowest BCUT2D eigenvalue weighted by Gasteiger charge is -2.04. The highest BCUT2D eigenvalue weighted by molar-refractivity contribution is 5.97. The minimum Gasteiger partial charge on any atom is -0.495 e. The van der Waals surface area contributed by atoms with Crippen LogP contribution < -0.4 is 4.74 Å². The van der Waals surface area contributed by atoms with Crippen molar-refractivity contribution in [2.75, 3.05) is 7.11 Å². The number of ether oxygens (including phenoxy) is 1. The molecular formula is C25H17FN6O. The van der Waals surface area contributed by atoms with E-state index in [2.05, 4.69) is 31.2 Å². The molecule has 4 aromatic heterocycles. The van der Waals surface area contributed by atoms with Crippen molar-refractivity contribution in [3.63, 3.8) is 0 Å². The van der Waals surface area contributed by atoms with E-state index in [1.807, 2.05) is 24.3 Å². The van der Waals surface area contributed by atoms with Crippen molar-refractivity contribution in [3.05, 3.63) is 79.0 Å². The Morgan fingerprint density at radius 2 is 1.70 bits per heavy atom. The Bertz CT molecular complexity index is 1620. The van der Waals surface area contributed by atoms with Crippen molar-refractivity contribution >= 4 is 21.9 Å². The fraction of sp³-hybridized carbons (Fsp3) is 0.0400. The summed E-state index contributed by atoms with van der Waals surface area (Å²) < 4.78 is 18.7. The minimum absolute atomic E-state index is 0.293. The SMILES string of the molecule is COc1cncc(-c2ccc3[nH]nc(-c4nc5c(-c6ccc(F)cc6)nccc5[nH]4)c3c2)c1. The second-order valence-corrected chi connectivity index (χ2v) is 7.59. The molecule has 0 bridgehead atoms. The maximum absolute atomic E-state index is 13.4. The summed E-state index contributed by atoms with van der Waals surface area (Å²) in [5.74, 6) is 1.02. The number of aromatic amines is 2. The maximum Gasteiger partial charge on any atom is 0.159 e. The van der Waals surface area contributed by atoms with Crippen LogP contribution in [0.15, 0.2) is 73.2 Å². The first-order valence-electron chi connectivity index (χ1n) is 10.3. The lowest BCUT2D eigenvalue weighted by atomic mass is 10.0. The molecule has 8 heteroatoms. The number of aromatic nitrogens is 6. The van der Waals surface area contributed by atoms with E-state index in [9.17, 15) is 4.39 Å². The number of benzene rings is 2. The zero-order chi connectivity index (χ0) is 22.4. The van der Waals surface area contributed by atoms with E-state index in [1.165, 1.54) is 12.1 Å². The van der Waals surface area contributed by atoms with Gasteiger partial charge in [0.1, 0.15) is 22.8 Å². The highest BCUT2D eigenvalue weighted by Gasteiger charge is 2.16. The largest absolute Gasteiger partial charge is 0.495 e. The van der Waals surface area contributed by atoms with E-state index in [0.29, 0.717) is 28.5 Å². The van der Waals surface area contributed by atoms with Crippen molar-refractivity contribution in [1.29, 1.82) is 0 Å². The highest BCUT2D eigenvalue weighted by atomic mass is 19.1. The van der Waals surface area contributed by atoms with Crippen LogP contribution in [0.1, 0.15) is 0 Å². The number of imidazole rings is 1. The number of rotatable bonds is 4. The molecule has 4 heterocycles. The summed E-state index contributed by atoms with van der Waals surface area (Å²) in [6.07, 6.45) is 5.18. The van der Waals surface area contributed by atoms with Crippen molar-refractivity contribution in [3.8, 4) is 39.7 Å². The van der Waals surface area contributed by atoms with Gasteiger partial charge >= 0.3 is 0 Å². The zero-order valence-electron chi connectivity index (χ0n) is 17.5. The molecule has 0 spiro atoms. The molecule has 2 aromatic carbocycles. The molecule has 0 fully saturated rings. The number of hydrogen-bond donors (Lipinski definition) is 2. The third-order valence-electron chi connectivity index (χ3n) is 5.59. The first kappa shape index (κ1) is 19.1. The van der Waals surface area contributed by atoms with Gasteiger partial charge < -0.3 is 9.72 Å². The normalized spacial score (nSPS) is 11.3. The molecule has 0 atom stereocenters. The number of nitrogens with one attached hydrogen (secondary N) is 2. The molecule has 33 heavy (non-hydrogen) atoms. The zero-order valence-corrected chi connectivity index (χ0v) is 17.5. The van der Waals surface area contributed by atoms with E-state index >= 15 is 0 Å². The fourth-order valence-corrected chi connectivity index (χ4v) is 3.93. The molecular weight excluding hydrogens is 419 g/mol. The molecule has 0 amide bonds. The lowest BCUT2D eigenvalue weighted by molar-refractivity contribution is 0.413. The monoisotopic (exact) mass is 436 g/mol. The van der Waals surface area contributed by atoms with Crippen LogP contribution in [0.4, 0.5) is 4.39 Å². The number of pyridine rings is 2. The van der Waals surface area contributed by atoms with Gasteiger partial charge in [-0.25, -0.2) is 9.37 Å². The molecule has 0 saturated carbocycles. The van der Waals surface area contributed by atoms with Crippen molar-refractivity contribution in [1.82, 2.24) is 30.1 Å². The third-order valence-corrected chi connectivity index (χ3v) is 5.59. The summed E-state index contributed by atoms with van der Waals surface area (Å²) in [6.45, 7) is 0. The topological polar surface area (TPSA) is 92.4 Å². The molecule has 7 nitrogen and oxygen atoms in total. The van der Waals surface area contributed by atoms with Crippen LogP contribution in [0, 0.1) is 5.82 Å². The van der Waals surface area contributed by atoms with Crippen molar-refractivity contribution < 1.29 is 9.13 Å². The molecule has 0 radical (unpaired) electrons. The molecule has 0 unspecified atom stereocenters. The summed E-state index contributed by atoms with van der Waals surface area (Å²) in [5, 5.41) is 8.51. The first-order chi connectivity index (χ1) is 16.2. The van der Waals surface area contributed by atoms with E-state index in [0.717, 1.165) is 33.1 Å². The molecule has 0 aliphatic carbocycles. The van der Waals surface area contributed by atoms with E-state index in [-0.39, 0.29) is 5.82 Å². The lowest BCUT2D eigenvalue weighted by Crippen LogP contribution is -1.87. The molecule has 0 aliphatic heterocycles. The number of hydrogen-bond acceptors (Lipinski definition) is 5. The van der Waals surface area contributed by atoms with Crippen LogP contribution in [0.3, 0.4) is 0 Å². The van der Waals surface area contributed by atoms with Crippen LogP contribution in [0.25, 0.3) is 55.8 Å². The minimum atomic E-state index is -0.293. The van der Waals surface area contributed by atoms with Gasteiger partial charge in [0, 0.05) is 28.9 Å². The Morgan fingerprint density at radius 1 is 0.848 bits per heavy atom. The molecule has 0 aliphatic rings. The van der Waals surface area contributed by atoms with Gasteiger partial charge in [0.2, 0.25) is 0 Å². The van der Waals surface area contributed by atoms with E-state index in [4.69, 9.17) is 9.72 Å². The number of methoxy groups -OCH3 is 1. The standard InChI is InChI=1S/C25H17FN6O/c1-33-18-10-16(12-27-13-18)15-4-7-20-19(11-15)23(32-31-20)25-29-21-8-9-28-22(24(21)30-25)14-2-5-17(26)6-3-14/h2-13H,1H3,(H,29,30)(H,31,32). The molecule has 6 aromatic rings. The summed E-state index contributed by atoms with van der Waals surface area (Å²) in [6, 6.07) is 16.1. The Balaban J connectivity index is 1.48. The Morgan fingerprint density at radius 3 is 2.55 bits per heavy atom. The Hall–Kier alpha value is -4.59. The van der Waals surface area contributed by atoms with E-state index < -0.39 is 0 Å². The van der Waals surface area contributed by atoms with Gasteiger partial charge in [0.25, 0.3) is 0 Å². The summed E-state index contributed by atoms with van der Waals surface area (Å²) >= 11 is 0. The summed E-state index contributed by atoms with van der Waals surface area (Å²) in [4.78, 5) is 16.9. The first-order valence-corrected chi connectivity index (χ1v) is 10.3. The number of H-pyrrole nitrogens is 2. The van der Waals surface area contributed by atoms with E-state index in [1.54, 1.807) is 37.8 Å². The van der Waals surface area contributed by atoms with Gasteiger partial charge in [-0.15, -0.1) is 0 Å². The fourth-order valence-electron chi connectivity index (χ4n) is 3.93. The molecule has 0 saturated heterocycles. The van der Waals surface area contributed by atoms with Gasteiger partial charge in [0.15, 0.2) is 5.82 Å². The van der Waals surface area contributed by atoms with Crippen LogP contribution in [0.2, 0.25) is 0 Å². The molecule has 160 valence electrons. The Kier molecular flexibility index (Phi) is 4.36. The quantitative estimate of drug-likeness (QED) is 0.387. The maximum atomic E-state index is 13.4. The van der Waals surface area contributed by atoms with Crippen LogP contribution in [-0.2, 0) is 0 Å². The van der Waals surface area contributed by atoms with Gasteiger partial charge in [-0.2, -0.15) is 5.10 Å². The van der Waals surface area contributed by atoms with Crippen LogP contribution >= 0.6 is 0 Å².